The van der Waals surface area contributed by atoms with E-state index in [0.717, 1.165) is 23.7 Å². The highest BCUT2D eigenvalue weighted by atomic mass is 32.2. The molecule has 30 heavy (non-hydrogen) atoms. The molecule has 1 amide bonds. The van der Waals surface area contributed by atoms with E-state index in [2.05, 4.69) is 27.3 Å². The minimum atomic E-state index is -3.54. The number of sulfonamides is 1. The van der Waals surface area contributed by atoms with E-state index in [0.29, 0.717) is 32.6 Å². The first-order chi connectivity index (χ1) is 14.5. The topological polar surface area (TPSA) is 82.6 Å². The predicted octanol–water partition coefficient (Wildman–Crippen LogP) is 1.96. The molecule has 0 aliphatic carbocycles. The number of piperazine rings is 1. The molecule has 0 saturated carbocycles. The van der Waals surface area contributed by atoms with E-state index < -0.39 is 10.0 Å². The fraction of sp³-hybridized carbons (Fsp3) is 0.429. The average molecular weight is 447 g/mol. The third kappa shape index (κ3) is 5.21. The Morgan fingerprint density at radius 1 is 1.07 bits per heavy atom. The molecule has 7 nitrogen and oxygen atoms in total. The van der Waals surface area contributed by atoms with Crippen LogP contribution in [0.25, 0.3) is 0 Å². The lowest BCUT2D eigenvalue weighted by atomic mass is 10.2. The fourth-order valence-electron chi connectivity index (χ4n) is 3.71. The Balaban J connectivity index is 1.30. The molecule has 2 saturated heterocycles. The summed E-state index contributed by atoms with van der Waals surface area (Å²) in [6.45, 7) is 3.22. The van der Waals surface area contributed by atoms with Crippen LogP contribution in [0, 0.1) is 0 Å². The van der Waals surface area contributed by atoms with Crippen LogP contribution in [0.2, 0.25) is 0 Å². The summed E-state index contributed by atoms with van der Waals surface area (Å²) >= 11 is 1.53. The van der Waals surface area contributed by atoms with Crippen molar-refractivity contribution in [2.24, 2.45) is 0 Å². The standard InChI is InChI=1S/C21H26N4O3S2/c26-20-8-6-18(23-20)16-29-21-9-7-19(14-22-21)30(27,28)25-12-10-24(11-13-25)15-17-4-2-1-3-5-17/h1-5,7,9,14,18H,6,8,10-13,15-16H2,(H,23,26)/t18-/m1/s1. The Bertz CT molecular complexity index is 960. The Labute approximate surface area is 181 Å². The highest BCUT2D eigenvalue weighted by Crippen LogP contribution is 2.23. The second kappa shape index (κ2) is 9.47. The first kappa shape index (κ1) is 21.3. The van der Waals surface area contributed by atoms with Gasteiger partial charge >= 0.3 is 0 Å². The van der Waals surface area contributed by atoms with E-state index in [-0.39, 0.29) is 16.8 Å². The molecular formula is C21H26N4O3S2. The quantitative estimate of drug-likeness (QED) is 0.655. The van der Waals surface area contributed by atoms with Gasteiger partial charge in [-0.3, -0.25) is 9.69 Å². The van der Waals surface area contributed by atoms with Crippen LogP contribution in [-0.4, -0.2) is 66.5 Å². The molecule has 1 N–H and O–H groups in total. The summed E-state index contributed by atoms with van der Waals surface area (Å²) in [7, 11) is -3.54. The highest BCUT2D eigenvalue weighted by molar-refractivity contribution is 7.99. The molecule has 0 unspecified atom stereocenters. The molecule has 1 aromatic carbocycles. The molecule has 2 fully saturated rings. The normalized spacial score (nSPS) is 20.9. The number of amides is 1. The van der Waals surface area contributed by atoms with Crippen molar-refractivity contribution in [1.29, 1.82) is 0 Å². The molecule has 2 aliphatic heterocycles. The lowest BCUT2D eigenvalue weighted by Crippen LogP contribution is -2.48. The molecule has 0 spiro atoms. The monoisotopic (exact) mass is 446 g/mol. The molecule has 9 heteroatoms. The summed E-state index contributed by atoms with van der Waals surface area (Å²) in [5.41, 5.74) is 1.24. The van der Waals surface area contributed by atoms with Gasteiger partial charge in [-0.15, -0.1) is 11.8 Å². The van der Waals surface area contributed by atoms with Gasteiger partial charge in [0.15, 0.2) is 0 Å². The largest absolute Gasteiger partial charge is 0.353 e. The van der Waals surface area contributed by atoms with Crippen molar-refractivity contribution in [3.63, 3.8) is 0 Å². The zero-order chi connectivity index (χ0) is 21.0. The van der Waals surface area contributed by atoms with Gasteiger partial charge in [0.05, 0.1) is 5.03 Å². The van der Waals surface area contributed by atoms with Gasteiger partial charge in [-0.05, 0) is 24.1 Å². The Morgan fingerprint density at radius 2 is 1.83 bits per heavy atom. The molecule has 2 aromatic rings. The molecular weight excluding hydrogens is 420 g/mol. The van der Waals surface area contributed by atoms with Gasteiger partial charge in [0, 0.05) is 57.1 Å². The van der Waals surface area contributed by atoms with Crippen LogP contribution < -0.4 is 5.32 Å². The van der Waals surface area contributed by atoms with Crippen molar-refractivity contribution >= 4 is 27.7 Å². The molecule has 0 radical (unpaired) electrons. The second-order valence-electron chi connectivity index (χ2n) is 7.61. The van der Waals surface area contributed by atoms with Gasteiger partial charge in [-0.1, -0.05) is 30.3 Å². The number of rotatable bonds is 7. The van der Waals surface area contributed by atoms with Crippen molar-refractivity contribution in [3.05, 3.63) is 54.2 Å². The van der Waals surface area contributed by atoms with Crippen LogP contribution in [0.3, 0.4) is 0 Å². The zero-order valence-corrected chi connectivity index (χ0v) is 18.4. The molecule has 0 bridgehead atoms. The number of pyridine rings is 1. The number of thioether (sulfide) groups is 1. The van der Waals surface area contributed by atoms with E-state index in [9.17, 15) is 13.2 Å². The smallest absolute Gasteiger partial charge is 0.244 e. The van der Waals surface area contributed by atoms with Crippen LogP contribution in [0.15, 0.2) is 58.6 Å². The maximum absolute atomic E-state index is 13.0. The Hall–Kier alpha value is -1.94. The van der Waals surface area contributed by atoms with Crippen molar-refractivity contribution in [1.82, 2.24) is 19.5 Å². The van der Waals surface area contributed by atoms with Crippen LogP contribution in [0.1, 0.15) is 18.4 Å². The van der Waals surface area contributed by atoms with Gasteiger partial charge in [0.25, 0.3) is 0 Å². The number of aromatic nitrogens is 1. The summed E-state index contributed by atoms with van der Waals surface area (Å²) in [5, 5.41) is 3.69. The maximum atomic E-state index is 13.0. The number of hydrogen-bond acceptors (Lipinski definition) is 6. The third-order valence-electron chi connectivity index (χ3n) is 5.44. The van der Waals surface area contributed by atoms with Crippen LogP contribution in [0.4, 0.5) is 0 Å². The molecule has 160 valence electrons. The number of hydrogen-bond donors (Lipinski definition) is 1. The van der Waals surface area contributed by atoms with E-state index in [1.54, 1.807) is 16.4 Å². The molecule has 4 rings (SSSR count). The van der Waals surface area contributed by atoms with Crippen molar-refractivity contribution < 1.29 is 13.2 Å². The van der Waals surface area contributed by atoms with Gasteiger partial charge in [-0.2, -0.15) is 4.31 Å². The van der Waals surface area contributed by atoms with Gasteiger partial charge in [-0.25, -0.2) is 13.4 Å². The van der Waals surface area contributed by atoms with E-state index in [1.807, 2.05) is 18.2 Å². The number of nitrogens with zero attached hydrogens (tertiary/aromatic N) is 3. The summed E-state index contributed by atoms with van der Waals surface area (Å²) in [6.07, 6.45) is 2.87. The number of benzene rings is 1. The summed E-state index contributed by atoms with van der Waals surface area (Å²) in [6, 6.07) is 13.8. The summed E-state index contributed by atoms with van der Waals surface area (Å²) in [5.74, 6) is 0.840. The van der Waals surface area contributed by atoms with E-state index in [4.69, 9.17) is 0 Å². The van der Waals surface area contributed by atoms with Crippen molar-refractivity contribution in [2.75, 3.05) is 31.9 Å². The SMILES string of the molecule is O=C1CC[C@H](CSc2ccc(S(=O)(=O)N3CCN(Cc4ccccc4)CC3)cn2)N1. The van der Waals surface area contributed by atoms with E-state index in [1.165, 1.54) is 23.5 Å². The summed E-state index contributed by atoms with van der Waals surface area (Å²) in [4.78, 5) is 18.1. The second-order valence-corrected chi connectivity index (χ2v) is 10.6. The lowest BCUT2D eigenvalue weighted by molar-refractivity contribution is -0.119. The molecule has 1 atom stereocenters. The molecule has 1 aromatic heterocycles. The van der Waals surface area contributed by atoms with Crippen LogP contribution in [0.5, 0.6) is 0 Å². The van der Waals surface area contributed by atoms with Gasteiger partial charge < -0.3 is 5.32 Å². The zero-order valence-electron chi connectivity index (χ0n) is 16.7. The Morgan fingerprint density at radius 3 is 2.47 bits per heavy atom. The Kier molecular flexibility index (Phi) is 6.72. The fourth-order valence-corrected chi connectivity index (χ4v) is 5.99. The third-order valence-corrected chi connectivity index (χ3v) is 8.43. The number of carbonyl (C=O) groups excluding carboxylic acids is 1. The first-order valence-electron chi connectivity index (χ1n) is 10.2. The van der Waals surface area contributed by atoms with Crippen molar-refractivity contribution in [2.45, 2.75) is 35.3 Å². The average Bonchev–Trinajstić information content (AvgIpc) is 3.19. The number of nitrogens with one attached hydrogen (secondary N) is 1. The number of carbonyl (C=O) groups is 1. The lowest BCUT2D eigenvalue weighted by Gasteiger charge is -2.33. The minimum absolute atomic E-state index is 0.0962. The predicted molar refractivity (Wildman–Crippen MR) is 117 cm³/mol. The molecule has 2 aliphatic rings. The summed E-state index contributed by atoms with van der Waals surface area (Å²) < 4.78 is 27.5. The minimum Gasteiger partial charge on any atom is -0.353 e. The van der Waals surface area contributed by atoms with Gasteiger partial charge in [0.2, 0.25) is 15.9 Å². The maximum Gasteiger partial charge on any atom is 0.244 e. The highest BCUT2D eigenvalue weighted by Gasteiger charge is 2.29. The van der Waals surface area contributed by atoms with Gasteiger partial charge in [0.1, 0.15) is 4.90 Å². The first-order valence-corrected chi connectivity index (χ1v) is 12.6. The van der Waals surface area contributed by atoms with Crippen LogP contribution >= 0.6 is 11.8 Å². The van der Waals surface area contributed by atoms with E-state index >= 15 is 0 Å². The van der Waals surface area contributed by atoms with Crippen molar-refractivity contribution in [3.8, 4) is 0 Å². The molecule has 3 heterocycles. The van der Waals surface area contributed by atoms with Crippen LogP contribution in [-0.2, 0) is 21.4 Å².